The molecule has 1 saturated carbocycles. The van der Waals surface area contributed by atoms with Gasteiger partial charge >= 0.3 is 6.61 Å². The topological polar surface area (TPSA) is 66.0 Å². The third kappa shape index (κ3) is 7.24. The number of alkyl halides is 2. The first-order chi connectivity index (χ1) is 14.0. The number of hydrogen-bond acceptors (Lipinski definition) is 3. The molecule has 1 aromatic rings. The summed E-state index contributed by atoms with van der Waals surface area (Å²) in [5.74, 6) is 1.29. The quantitative estimate of drug-likeness (QED) is 0.317. The average Bonchev–Trinajstić information content (AvgIpc) is 3.38. The molecule has 2 fully saturated rings. The molecule has 30 heavy (non-hydrogen) atoms. The van der Waals surface area contributed by atoms with Gasteiger partial charge in [-0.1, -0.05) is 25.0 Å². The smallest absolute Gasteiger partial charge is 0.387 e. The zero-order valence-corrected chi connectivity index (χ0v) is 19.6. The van der Waals surface area contributed by atoms with Crippen molar-refractivity contribution < 1.29 is 18.3 Å². The Bertz CT molecular complexity index is 714. The highest BCUT2D eigenvalue weighted by Crippen LogP contribution is 2.27. The Balaban J connectivity index is 0.00000320. The maximum atomic E-state index is 12.6. The Morgan fingerprint density at radius 2 is 2.07 bits per heavy atom. The van der Waals surface area contributed by atoms with E-state index in [4.69, 9.17) is 0 Å². The van der Waals surface area contributed by atoms with E-state index in [1.807, 2.05) is 17.9 Å². The molecule has 0 aromatic heterocycles. The molecule has 1 unspecified atom stereocenters. The van der Waals surface area contributed by atoms with Crippen LogP contribution < -0.4 is 15.4 Å². The highest BCUT2D eigenvalue weighted by molar-refractivity contribution is 14.0. The number of ether oxygens (including phenoxy) is 1. The second-order valence-electron chi connectivity index (χ2n) is 7.62. The van der Waals surface area contributed by atoms with Gasteiger partial charge in [-0.05, 0) is 43.9 Å². The average molecular weight is 536 g/mol. The van der Waals surface area contributed by atoms with E-state index in [1.54, 1.807) is 12.1 Å². The molecular weight excluding hydrogens is 505 g/mol. The predicted molar refractivity (Wildman–Crippen MR) is 123 cm³/mol. The summed E-state index contributed by atoms with van der Waals surface area (Å²) in [6.45, 7) is 1.66. The van der Waals surface area contributed by atoms with Crippen LogP contribution in [0.5, 0.6) is 5.75 Å². The van der Waals surface area contributed by atoms with Crippen LogP contribution in [-0.2, 0) is 11.3 Å². The zero-order chi connectivity index (χ0) is 20.6. The van der Waals surface area contributed by atoms with E-state index in [1.165, 1.54) is 6.07 Å². The van der Waals surface area contributed by atoms with Crippen molar-refractivity contribution in [1.29, 1.82) is 0 Å². The number of halogens is 3. The molecule has 0 bridgehead atoms. The predicted octanol–water partition coefficient (Wildman–Crippen LogP) is 3.75. The van der Waals surface area contributed by atoms with E-state index in [9.17, 15) is 13.6 Å². The summed E-state index contributed by atoms with van der Waals surface area (Å²) in [6.07, 6.45) is 5.25. The van der Waals surface area contributed by atoms with Crippen LogP contribution >= 0.6 is 24.0 Å². The van der Waals surface area contributed by atoms with Gasteiger partial charge < -0.3 is 20.3 Å². The molecule has 1 aromatic carbocycles. The lowest BCUT2D eigenvalue weighted by Crippen LogP contribution is -2.45. The number of rotatable bonds is 7. The number of hydrogen-bond donors (Lipinski definition) is 2. The number of amides is 1. The van der Waals surface area contributed by atoms with Crippen LogP contribution in [0.3, 0.4) is 0 Å². The molecule has 1 amide bonds. The molecule has 6 nitrogen and oxygen atoms in total. The Morgan fingerprint density at radius 3 is 2.77 bits per heavy atom. The minimum Gasteiger partial charge on any atom is -0.435 e. The SMILES string of the molecule is CCNC(=NCc1cccc(OC(F)F)c1)NC1CCN(C(=O)C2CCCC2)C1.I. The van der Waals surface area contributed by atoms with Crippen molar-refractivity contribution in [3.05, 3.63) is 29.8 Å². The lowest BCUT2D eigenvalue weighted by molar-refractivity contribution is -0.134. The summed E-state index contributed by atoms with van der Waals surface area (Å²) in [5.41, 5.74) is 0.782. The molecule has 3 rings (SSSR count). The summed E-state index contributed by atoms with van der Waals surface area (Å²) in [5, 5.41) is 6.61. The van der Waals surface area contributed by atoms with Gasteiger partial charge in [0.1, 0.15) is 5.75 Å². The van der Waals surface area contributed by atoms with Gasteiger partial charge in [0.05, 0.1) is 6.54 Å². The Labute approximate surface area is 193 Å². The van der Waals surface area contributed by atoms with Gasteiger partial charge in [0, 0.05) is 31.6 Å². The van der Waals surface area contributed by atoms with Crippen molar-refractivity contribution >= 4 is 35.8 Å². The summed E-state index contributed by atoms with van der Waals surface area (Å²) in [6, 6.07) is 6.72. The monoisotopic (exact) mass is 536 g/mol. The molecule has 1 aliphatic carbocycles. The van der Waals surface area contributed by atoms with Gasteiger partial charge in [0.15, 0.2) is 5.96 Å². The summed E-state index contributed by atoms with van der Waals surface area (Å²) < 4.78 is 29.2. The van der Waals surface area contributed by atoms with Gasteiger partial charge in [-0.2, -0.15) is 8.78 Å². The molecular formula is C21H31F2IN4O2. The van der Waals surface area contributed by atoms with Crippen molar-refractivity contribution in [3.63, 3.8) is 0 Å². The summed E-state index contributed by atoms with van der Waals surface area (Å²) >= 11 is 0. The van der Waals surface area contributed by atoms with Gasteiger partial charge in [-0.25, -0.2) is 4.99 Å². The number of guanidine groups is 1. The van der Waals surface area contributed by atoms with Crippen molar-refractivity contribution in [2.24, 2.45) is 10.9 Å². The largest absolute Gasteiger partial charge is 0.435 e. The van der Waals surface area contributed by atoms with Crippen LogP contribution in [0.2, 0.25) is 0 Å². The Morgan fingerprint density at radius 1 is 1.30 bits per heavy atom. The maximum absolute atomic E-state index is 12.6. The van der Waals surface area contributed by atoms with E-state index < -0.39 is 6.61 Å². The zero-order valence-electron chi connectivity index (χ0n) is 17.3. The van der Waals surface area contributed by atoms with Crippen molar-refractivity contribution in [2.75, 3.05) is 19.6 Å². The highest BCUT2D eigenvalue weighted by Gasteiger charge is 2.32. The third-order valence-electron chi connectivity index (χ3n) is 5.43. The second kappa shape index (κ2) is 12.3. The fourth-order valence-electron chi connectivity index (χ4n) is 4.01. The van der Waals surface area contributed by atoms with Gasteiger partial charge in [-0.3, -0.25) is 4.79 Å². The van der Waals surface area contributed by atoms with Crippen LogP contribution in [0.25, 0.3) is 0 Å². The van der Waals surface area contributed by atoms with E-state index in [0.717, 1.165) is 44.2 Å². The van der Waals surface area contributed by atoms with Crippen LogP contribution in [0, 0.1) is 5.92 Å². The summed E-state index contributed by atoms with van der Waals surface area (Å²) in [7, 11) is 0. The van der Waals surface area contributed by atoms with Crippen molar-refractivity contribution in [1.82, 2.24) is 15.5 Å². The Hall–Kier alpha value is -1.65. The molecule has 1 saturated heterocycles. The fourth-order valence-corrected chi connectivity index (χ4v) is 4.01. The van der Waals surface area contributed by atoms with E-state index in [0.29, 0.717) is 31.5 Å². The molecule has 1 heterocycles. The number of likely N-dealkylation sites (tertiary alicyclic amines) is 1. The van der Waals surface area contributed by atoms with Crippen LogP contribution in [0.1, 0.15) is 44.6 Å². The minimum absolute atomic E-state index is 0. The fraction of sp³-hybridized carbons (Fsp3) is 0.619. The molecule has 0 spiro atoms. The molecule has 0 radical (unpaired) electrons. The van der Waals surface area contributed by atoms with Crippen LogP contribution in [0.15, 0.2) is 29.3 Å². The minimum atomic E-state index is -2.84. The molecule has 1 atom stereocenters. The van der Waals surface area contributed by atoms with E-state index in [2.05, 4.69) is 20.4 Å². The van der Waals surface area contributed by atoms with Crippen molar-refractivity contribution in [2.45, 2.75) is 58.2 Å². The van der Waals surface area contributed by atoms with Crippen LogP contribution in [-0.4, -0.2) is 49.1 Å². The molecule has 9 heteroatoms. The number of benzene rings is 1. The first-order valence-electron chi connectivity index (χ1n) is 10.4. The second-order valence-corrected chi connectivity index (χ2v) is 7.62. The van der Waals surface area contributed by atoms with E-state index >= 15 is 0 Å². The van der Waals surface area contributed by atoms with E-state index in [-0.39, 0.29) is 41.7 Å². The Kier molecular flexibility index (Phi) is 10.1. The number of carbonyl (C=O) groups excluding carboxylic acids is 1. The normalized spacial score (nSPS) is 19.7. The lowest BCUT2D eigenvalue weighted by atomic mass is 10.1. The number of aliphatic imine (C=N–C) groups is 1. The maximum Gasteiger partial charge on any atom is 0.387 e. The summed E-state index contributed by atoms with van der Waals surface area (Å²) in [4.78, 5) is 19.1. The van der Waals surface area contributed by atoms with Gasteiger partial charge in [-0.15, -0.1) is 24.0 Å². The highest BCUT2D eigenvalue weighted by atomic mass is 127. The number of carbonyl (C=O) groups is 1. The first kappa shape index (κ1) is 24.6. The number of nitrogens with one attached hydrogen (secondary N) is 2. The number of nitrogens with zero attached hydrogens (tertiary/aromatic N) is 2. The third-order valence-corrected chi connectivity index (χ3v) is 5.43. The first-order valence-corrected chi connectivity index (χ1v) is 10.4. The standard InChI is InChI=1S/C21H30F2N4O2.HI/c1-2-24-21(25-13-15-6-5-9-18(12-15)29-20(22)23)26-17-10-11-27(14-17)19(28)16-7-3-4-8-16;/h5-6,9,12,16-17,20H,2-4,7-8,10-11,13-14H2,1H3,(H2,24,25,26);1H. The van der Waals surface area contributed by atoms with Gasteiger partial charge in [0.25, 0.3) is 0 Å². The molecule has 1 aliphatic heterocycles. The van der Waals surface area contributed by atoms with Crippen molar-refractivity contribution in [3.8, 4) is 5.75 Å². The molecule has 2 aliphatic rings. The molecule has 2 N–H and O–H groups in total. The van der Waals surface area contributed by atoms with Crippen LogP contribution in [0.4, 0.5) is 8.78 Å². The molecule has 168 valence electrons. The lowest BCUT2D eigenvalue weighted by Gasteiger charge is -2.21. The van der Waals surface area contributed by atoms with Gasteiger partial charge in [0.2, 0.25) is 5.91 Å².